The van der Waals surface area contributed by atoms with Gasteiger partial charge in [0.1, 0.15) is 19.0 Å². The third-order valence-electron chi connectivity index (χ3n) is 2.57. The number of ether oxygens (including phenoxy) is 2. The molecule has 4 nitrogen and oxygen atoms in total. The predicted octanol–water partition coefficient (Wildman–Crippen LogP) is 2.55. The van der Waals surface area contributed by atoms with Crippen molar-refractivity contribution in [1.29, 1.82) is 0 Å². The molecule has 17 heavy (non-hydrogen) atoms. The van der Waals surface area contributed by atoms with E-state index in [4.69, 9.17) is 14.6 Å². The van der Waals surface area contributed by atoms with Crippen molar-refractivity contribution in [2.45, 2.75) is 12.8 Å². The minimum Gasteiger partial charge on any atom is -0.486 e. The summed E-state index contributed by atoms with van der Waals surface area (Å²) in [4.78, 5) is 10.9. The summed E-state index contributed by atoms with van der Waals surface area (Å²) in [5.41, 5.74) is 0.0711. The second kappa shape index (κ2) is 4.52. The van der Waals surface area contributed by atoms with E-state index in [0.29, 0.717) is 29.2 Å². The average Bonchev–Trinajstić information content (AvgIpc) is 2.28. The summed E-state index contributed by atoms with van der Waals surface area (Å²) in [5, 5.41) is 8.93. The molecule has 0 radical (unpaired) electrons. The Morgan fingerprint density at radius 3 is 2.82 bits per heavy atom. The van der Waals surface area contributed by atoms with Crippen LogP contribution in [0.5, 0.6) is 11.5 Å². The topological polar surface area (TPSA) is 55.8 Å². The van der Waals surface area contributed by atoms with E-state index >= 15 is 0 Å². The number of halogens is 2. The SMILES string of the molecule is CC(C(=O)O)c1c(F)cc2c(c1Br)OCCO2. The Hall–Kier alpha value is -1.30. The fourth-order valence-electron chi connectivity index (χ4n) is 1.65. The number of carboxylic acid groups (broad SMARTS) is 1. The molecule has 2 rings (SSSR count). The maximum atomic E-state index is 13.8. The van der Waals surface area contributed by atoms with Crippen molar-refractivity contribution in [2.24, 2.45) is 0 Å². The Labute approximate surface area is 105 Å². The van der Waals surface area contributed by atoms with Gasteiger partial charge in [0.05, 0.1) is 10.4 Å². The lowest BCUT2D eigenvalue weighted by molar-refractivity contribution is -0.138. The van der Waals surface area contributed by atoms with Crippen LogP contribution in [0.4, 0.5) is 4.39 Å². The highest BCUT2D eigenvalue weighted by atomic mass is 79.9. The molecule has 0 aromatic heterocycles. The van der Waals surface area contributed by atoms with Crippen LogP contribution in [-0.2, 0) is 4.79 Å². The number of aliphatic carboxylic acids is 1. The minimum atomic E-state index is -1.10. The molecule has 1 heterocycles. The lowest BCUT2D eigenvalue weighted by Crippen LogP contribution is -2.18. The number of fused-ring (bicyclic) bond motifs is 1. The van der Waals surface area contributed by atoms with E-state index in [1.807, 2.05) is 0 Å². The average molecular weight is 305 g/mol. The van der Waals surface area contributed by atoms with Gasteiger partial charge in [-0.25, -0.2) is 4.39 Å². The van der Waals surface area contributed by atoms with Gasteiger partial charge in [-0.1, -0.05) is 0 Å². The molecule has 1 aromatic carbocycles. The van der Waals surface area contributed by atoms with Crippen molar-refractivity contribution in [3.05, 3.63) is 21.9 Å². The Bertz CT molecular complexity index is 475. The summed E-state index contributed by atoms with van der Waals surface area (Å²) >= 11 is 3.18. The van der Waals surface area contributed by atoms with Crippen LogP contribution < -0.4 is 9.47 Å². The van der Waals surface area contributed by atoms with Gasteiger partial charge in [-0.3, -0.25) is 4.79 Å². The zero-order valence-corrected chi connectivity index (χ0v) is 10.6. The van der Waals surface area contributed by atoms with Gasteiger partial charge < -0.3 is 14.6 Å². The van der Waals surface area contributed by atoms with Crippen LogP contribution >= 0.6 is 15.9 Å². The molecule has 0 aliphatic carbocycles. The molecule has 1 aromatic rings. The molecule has 92 valence electrons. The maximum absolute atomic E-state index is 13.8. The van der Waals surface area contributed by atoms with Gasteiger partial charge >= 0.3 is 5.97 Å². The molecule has 0 spiro atoms. The van der Waals surface area contributed by atoms with Crippen molar-refractivity contribution in [1.82, 2.24) is 0 Å². The zero-order chi connectivity index (χ0) is 12.6. The van der Waals surface area contributed by atoms with Crippen LogP contribution in [0.2, 0.25) is 0 Å². The van der Waals surface area contributed by atoms with Crippen molar-refractivity contribution in [3.8, 4) is 11.5 Å². The molecule has 0 saturated heterocycles. The lowest BCUT2D eigenvalue weighted by Gasteiger charge is -2.22. The fraction of sp³-hybridized carbons (Fsp3) is 0.364. The zero-order valence-electron chi connectivity index (χ0n) is 9.00. The van der Waals surface area contributed by atoms with Gasteiger partial charge in [-0.15, -0.1) is 0 Å². The van der Waals surface area contributed by atoms with Crippen molar-refractivity contribution in [3.63, 3.8) is 0 Å². The first-order valence-electron chi connectivity index (χ1n) is 5.02. The molecule has 1 aliphatic heterocycles. The van der Waals surface area contributed by atoms with E-state index in [2.05, 4.69) is 15.9 Å². The van der Waals surface area contributed by atoms with Crippen LogP contribution in [0.25, 0.3) is 0 Å². The number of carboxylic acids is 1. The van der Waals surface area contributed by atoms with Crippen LogP contribution in [0, 0.1) is 5.82 Å². The number of carbonyl (C=O) groups is 1. The Morgan fingerprint density at radius 1 is 1.53 bits per heavy atom. The van der Waals surface area contributed by atoms with Crippen molar-refractivity contribution >= 4 is 21.9 Å². The first kappa shape index (κ1) is 12.2. The van der Waals surface area contributed by atoms with E-state index in [0.717, 1.165) is 6.07 Å². The molecule has 0 bridgehead atoms. The van der Waals surface area contributed by atoms with E-state index in [1.165, 1.54) is 6.92 Å². The van der Waals surface area contributed by atoms with Crippen LogP contribution in [-0.4, -0.2) is 24.3 Å². The predicted molar refractivity (Wildman–Crippen MR) is 61.1 cm³/mol. The Balaban J connectivity index is 2.57. The third kappa shape index (κ3) is 2.09. The quantitative estimate of drug-likeness (QED) is 0.912. The summed E-state index contributed by atoms with van der Waals surface area (Å²) in [6, 6.07) is 1.16. The highest BCUT2D eigenvalue weighted by Gasteiger charge is 2.27. The van der Waals surface area contributed by atoms with E-state index < -0.39 is 17.7 Å². The molecule has 1 atom stereocenters. The summed E-state index contributed by atoms with van der Waals surface area (Å²) in [6.07, 6.45) is 0. The highest BCUT2D eigenvalue weighted by Crippen LogP contribution is 2.43. The fourth-order valence-corrected chi connectivity index (χ4v) is 2.49. The monoisotopic (exact) mass is 304 g/mol. The molecule has 1 N–H and O–H groups in total. The number of hydrogen-bond donors (Lipinski definition) is 1. The molecule has 1 unspecified atom stereocenters. The van der Waals surface area contributed by atoms with Crippen molar-refractivity contribution < 1.29 is 23.8 Å². The molecule has 0 fully saturated rings. The van der Waals surface area contributed by atoms with Gasteiger partial charge in [-0.05, 0) is 22.9 Å². The molecular weight excluding hydrogens is 295 g/mol. The minimum absolute atomic E-state index is 0.0711. The normalized spacial score (nSPS) is 15.5. The third-order valence-corrected chi connectivity index (χ3v) is 3.35. The molecular formula is C11H10BrFO4. The summed E-state index contributed by atoms with van der Waals surface area (Å²) in [6.45, 7) is 2.13. The summed E-state index contributed by atoms with van der Waals surface area (Å²) in [5.74, 6) is -2.01. The van der Waals surface area contributed by atoms with E-state index in [-0.39, 0.29) is 5.56 Å². The Kier molecular flexibility index (Phi) is 3.24. The second-order valence-electron chi connectivity index (χ2n) is 3.67. The number of hydrogen-bond acceptors (Lipinski definition) is 3. The lowest BCUT2D eigenvalue weighted by atomic mass is 10.00. The van der Waals surface area contributed by atoms with Crippen LogP contribution in [0.3, 0.4) is 0 Å². The highest BCUT2D eigenvalue weighted by molar-refractivity contribution is 9.10. The van der Waals surface area contributed by atoms with Crippen LogP contribution in [0.1, 0.15) is 18.4 Å². The van der Waals surface area contributed by atoms with Crippen LogP contribution in [0.15, 0.2) is 10.5 Å². The molecule has 6 heteroatoms. The van der Waals surface area contributed by atoms with Crippen molar-refractivity contribution in [2.75, 3.05) is 13.2 Å². The van der Waals surface area contributed by atoms with E-state index in [1.54, 1.807) is 0 Å². The Morgan fingerprint density at radius 2 is 2.18 bits per heavy atom. The van der Waals surface area contributed by atoms with Gasteiger partial charge in [0.2, 0.25) is 0 Å². The molecule has 1 aliphatic rings. The maximum Gasteiger partial charge on any atom is 0.310 e. The van der Waals surface area contributed by atoms with E-state index in [9.17, 15) is 9.18 Å². The number of rotatable bonds is 2. The molecule has 0 saturated carbocycles. The van der Waals surface area contributed by atoms with Gasteiger partial charge in [-0.2, -0.15) is 0 Å². The van der Waals surface area contributed by atoms with Gasteiger partial charge in [0.15, 0.2) is 11.5 Å². The summed E-state index contributed by atoms with van der Waals surface area (Å²) < 4.78 is 24.7. The largest absolute Gasteiger partial charge is 0.486 e. The smallest absolute Gasteiger partial charge is 0.310 e. The second-order valence-corrected chi connectivity index (χ2v) is 4.46. The number of benzene rings is 1. The summed E-state index contributed by atoms with van der Waals surface area (Å²) in [7, 11) is 0. The standard InChI is InChI=1S/C11H10BrFO4/c1-5(11(14)15)8-6(13)4-7-10(9(8)12)17-3-2-16-7/h4-5H,2-3H2,1H3,(H,14,15). The first-order valence-corrected chi connectivity index (χ1v) is 5.82. The molecule has 0 amide bonds. The first-order chi connectivity index (χ1) is 8.02. The van der Waals surface area contributed by atoms with Gasteiger partial charge in [0.25, 0.3) is 0 Å². The van der Waals surface area contributed by atoms with Gasteiger partial charge in [0, 0.05) is 11.6 Å².